The fourth-order valence-corrected chi connectivity index (χ4v) is 4.70. The highest BCUT2D eigenvalue weighted by Gasteiger charge is 2.16. The van der Waals surface area contributed by atoms with Crippen LogP contribution >= 0.6 is 0 Å². The summed E-state index contributed by atoms with van der Waals surface area (Å²) in [7, 11) is 3.92. The molecule has 0 amide bonds. The van der Waals surface area contributed by atoms with E-state index in [2.05, 4.69) is 0 Å². The van der Waals surface area contributed by atoms with Gasteiger partial charge in [-0.3, -0.25) is 8.51 Å². The van der Waals surface area contributed by atoms with Crippen LogP contribution in [-0.2, 0) is 24.1 Å². The maximum Gasteiger partial charge on any atom is 0.335 e. The normalized spacial score (nSPS) is 11.9. The molecular weight excluding hydrogens is 448 g/mol. The van der Waals surface area contributed by atoms with Crippen molar-refractivity contribution in [3.05, 3.63) is 102 Å². The van der Waals surface area contributed by atoms with E-state index in [1.807, 2.05) is 85.7 Å². The zero-order valence-electron chi connectivity index (χ0n) is 19.0. The van der Waals surface area contributed by atoms with Crippen molar-refractivity contribution in [1.82, 2.24) is 0 Å². The van der Waals surface area contributed by atoms with Crippen molar-refractivity contribution in [2.24, 2.45) is 0 Å². The molecule has 0 aliphatic rings. The number of rotatable bonds is 8. The lowest BCUT2D eigenvalue weighted by Gasteiger charge is -2.28. The van der Waals surface area contributed by atoms with E-state index in [0.29, 0.717) is 24.2 Å². The third-order valence-electron chi connectivity index (χ3n) is 5.77. The van der Waals surface area contributed by atoms with E-state index in [1.165, 1.54) is 4.31 Å². The number of carbonyl (C=O) groups is 1. The van der Waals surface area contributed by atoms with Crippen molar-refractivity contribution >= 4 is 45.1 Å². The predicted molar refractivity (Wildman–Crippen MR) is 137 cm³/mol. The summed E-state index contributed by atoms with van der Waals surface area (Å²) in [5.74, 6) is -0.948. The number of aromatic carboxylic acids is 1. The zero-order valence-corrected chi connectivity index (χ0v) is 19.8. The summed E-state index contributed by atoms with van der Waals surface area (Å²) in [4.78, 5) is 13.0. The van der Waals surface area contributed by atoms with E-state index in [1.54, 1.807) is 18.2 Å². The summed E-state index contributed by atoms with van der Waals surface area (Å²) in [6.45, 7) is 0. The molecule has 0 spiro atoms. The lowest BCUT2D eigenvalue weighted by molar-refractivity contribution is 0.0697. The number of hydrogen-bond donors (Lipinski definition) is 1. The molecule has 0 bridgehead atoms. The second-order valence-electron chi connectivity index (χ2n) is 8.23. The highest BCUT2D eigenvalue weighted by molar-refractivity contribution is 7.81. The van der Waals surface area contributed by atoms with Gasteiger partial charge in [-0.25, -0.2) is 4.79 Å². The van der Waals surface area contributed by atoms with Crippen LogP contribution in [0.3, 0.4) is 0 Å². The molecule has 4 aromatic rings. The smallest absolute Gasteiger partial charge is 0.335 e. The molecule has 4 aromatic carbocycles. The van der Waals surface area contributed by atoms with Gasteiger partial charge in [-0.15, -0.1) is 0 Å². The molecule has 1 unspecified atom stereocenters. The third kappa shape index (κ3) is 4.95. The van der Waals surface area contributed by atoms with Crippen molar-refractivity contribution < 1.29 is 18.7 Å². The van der Waals surface area contributed by atoms with Crippen LogP contribution in [0.4, 0.5) is 17.1 Å². The van der Waals surface area contributed by atoms with Crippen LogP contribution in [0.2, 0.25) is 0 Å². The molecule has 0 fully saturated rings. The van der Waals surface area contributed by atoms with E-state index in [0.717, 1.165) is 27.6 Å². The number of carboxylic acid groups (broad SMARTS) is 1. The quantitative estimate of drug-likeness (QED) is 0.350. The Balaban J connectivity index is 1.65. The Morgan fingerprint density at radius 1 is 0.824 bits per heavy atom. The maximum absolute atomic E-state index is 12.4. The fourth-order valence-electron chi connectivity index (χ4n) is 4.09. The third-order valence-corrected chi connectivity index (χ3v) is 6.48. The highest BCUT2D eigenvalue weighted by atomic mass is 32.2. The van der Waals surface area contributed by atoms with Crippen LogP contribution in [0, 0.1) is 0 Å². The Kier molecular flexibility index (Phi) is 6.95. The first-order valence-corrected chi connectivity index (χ1v) is 11.9. The molecule has 1 N–H and O–H groups in total. The molecule has 0 radical (unpaired) electrons. The lowest BCUT2D eigenvalue weighted by Crippen LogP contribution is -2.20. The predicted octanol–water partition coefficient (Wildman–Crippen LogP) is 5.32. The lowest BCUT2D eigenvalue weighted by atomic mass is 10.0. The molecule has 7 heteroatoms. The van der Waals surface area contributed by atoms with Crippen LogP contribution in [0.1, 0.15) is 21.5 Å². The van der Waals surface area contributed by atoms with Crippen molar-refractivity contribution in [3.8, 4) is 0 Å². The molecule has 0 saturated carbocycles. The minimum Gasteiger partial charge on any atom is -0.755 e. The van der Waals surface area contributed by atoms with E-state index >= 15 is 0 Å². The Morgan fingerprint density at radius 3 is 2.03 bits per heavy atom. The molecule has 6 nitrogen and oxygen atoms in total. The van der Waals surface area contributed by atoms with Crippen molar-refractivity contribution in [3.63, 3.8) is 0 Å². The van der Waals surface area contributed by atoms with Gasteiger partial charge in [-0.1, -0.05) is 48.5 Å². The highest BCUT2D eigenvalue weighted by Crippen LogP contribution is 2.37. The second-order valence-corrected chi connectivity index (χ2v) is 9.03. The molecule has 0 aliphatic carbocycles. The average Bonchev–Trinajstić information content (AvgIpc) is 2.83. The van der Waals surface area contributed by atoms with Gasteiger partial charge in [0.2, 0.25) is 0 Å². The Hall–Kier alpha value is -3.68. The number of hydrogen-bond acceptors (Lipinski definition) is 4. The second kappa shape index (κ2) is 10.1. The zero-order chi connectivity index (χ0) is 24.2. The Labute approximate surface area is 201 Å². The van der Waals surface area contributed by atoms with Crippen LogP contribution in [0.5, 0.6) is 0 Å². The summed E-state index contributed by atoms with van der Waals surface area (Å²) in [6.07, 6.45) is 1.41. The summed E-state index contributed by atoms with van der Waals surface area (Å²) in [6, 6.07) is 25.9. The molecule has 0 aliphatic heterocycles. The van der Waals surface area contributed by atoms with E-state index < -0.39 is 17.2 Å². The van der Waals surface area contributed by atoms with Gasteiger partial charge in [-0.2, -0.15) is 0 Å². The van der Waals surface area contributed by atoms with Crippen LogP contribution < -0.4 is 9.21 Å². The number of nitrogens with zero attached hydrogens (tertiary/aromatic N) is 2. The minimum atomic E-state index is -2.52. The van der Waals surface area contributed by atoms with Crippen LogP contribution in [-0.4, -0.2) is 33.9 Å². The first-order chi connectivity index (χ1) is 16.3. The fraction of sp³-hybridized carbons (Fsp3) is 0.148. The summed E-state index contributed by atoms with van der Waals surface area (Å²) >= 11 is -2.52. The molecule has 4 rings (SSSR count). The monoisotopic (exact) mass is 473 g/mol. The number of aryl methyl sites for hydroxylation is 2. The van der Waals surface area contributed by atoms with Gasteiger partial charge in [0, 0.05) is 30.6 Å². The number of benzene rings is 4. The molecule has 0 aromatic heterocycles. The van der Waals surface area contributed by atoms with Gasteiger partial charge in [0.1, 0.15) is 0 Å². The number of carboxylic acids is 1. The molecule has 1 atom stereocenters. The maximum atomic E-state index is 12.4. The molecule has 174 valence electrons. The van der Waals surface area contributed by atoms with Crippen molar-refractivity contribution in [2.45, 2.75) is 12.8 Å². The van der Waals surface area contributed by atoms with E-state index in [-0.39, 0.29) is 5.56 Å². The summed E-state index contributed by atoms with van der Waals surface area (Å²) in [5, 5.41) is 10.9. The van der Waals surface area contributed by atoms with Gasteiger partial charge >= 0.3 is 5.97 Å². The minimum absolute atomic E-state index is 0.256. The Morgan fingerprint density at radius 2 is 1.41 bits per heavy atom. The van der Waals surface area contributed by atoms with Gasteiger partial charge in [-0.05, 0) is 60.4 Å². The van der Waals surface area contributed by atoms with Gasteiger partial charge in [0.15, 0.2) is 0 Å². The van der Waals surface area contributed by atoms with Crippen molar-refractivity contribution in [2.75, 3.05) is 23.3 Å². The van der Waals surface area contributed by atoms with E-state index in [9.17, 15) is 13.6 Å². The standard InChI is InChI=1S/C27H26N2O4S/c1-28(2)25-10-4-9-24-23(25)8-5-11-26(24)29(34(32)33)22-7-3-6-20(18-22)13-12-19-14-16-21(17-15-19)27(30)31/h3-11,14-18H,12-13H2,1-2H3,(H,30,31)(H,32,33)/p-1. The molecule has 0 saturated heterocycles. The SMILES string of the molecule is CN(C)c1cccc2c(N(c3cccc(CCc4ccc(C(=O)O)cc4)c3)S(=O)[O-])cccc12. The van der Waals surface area contributed by atoms with Gasteiger partial charge < -0.3 is 14.6 Å². The molecule has 34 heavy (non-hydrogen) atoms. The average molecular weight is 474 g/mol. The number of anilines is 3. The van der Waals surface area contributed by atoms with E-state index in [4.69, 9.17) is 5.11 Å². The summed E-state index contributed by atoms with van der Waals surface area (Å²) in [5.41, 5.74) is 4.44. The number of fused-ring (bicyclic) bond motifs is 1. The van der Waals surface area contributed by atoms with Crippen molar-refractivity contribution in [1.29, 1.82) is 0 Å². The largest absolute Gasteiger partial charge is 0.755 e. The van der Waals surface area contributed by atoms with Crippen LogP contribution in [0.15, 0.2) is 84.9 Å². The van der Waals surface area contributed by atoms with Gasteiger partial charge in [0.05, 0.1) is 28.2 Å². The Bertz CT molecular complexity index is 1350. The summed E-state index contributed by atoms with van der Waals surface area (Å²) < 4.78 is 26.1. The first-order valence-electron chi connectivity index (χ1n) is 10.8. The molecule has 0 heterocycles. The topological polar surface area (TPSA) is 83.9 Å². The van der Waals surface area contributed by atoms with Crippen LogP contribution in [0.25, 0.3) is 10.8 Å². The molecular formula is C27H25N2O4S-. The van der Waals surface area contributed by atoms with Gasteiger partial charge in [0.25, 0.3) is 0 Å². The first kappa shape index (κ1) is 23.5.